The van der Waals surface area contributed by atoms with Crippen LogP contribution in [-0.4, -0.2) is 17.6 Å². The fourth-order valence-corrected chi connectivity index (χ4v) is 2.59. The van der Waals surface area contributed by atoms with E-state index in [1.807, 2.05) is 0 Å². The minimum absolute atomic E-state index is 0.00431. The monoisotopic (exact) mass is 283 g/mol. The van der Waals surface area contributed by atoms with E-state index < -0.39 is 17.7 Å². The van der Waals surface area contributed by atoms with Crippen LogP contribution in [0.5, 0.6) is 0 Å². The van der Waals surface area contributed by atoms with E-state index in [9.17, 15) is 18.7 Å². The zero-order valence-corrected chi connectivity index (χ0v) is 11.2. The third-order valence-corrected chi connectivity index (χ3v) is 3.77. The highest BCUT2D eigenvalue weighted by Crippen LogP contribution is 2.24. The van der Waals surface area contributed by atoms with Crippen molar-refractivity contribution in [3.63, 3.8) is 0 Å². The number of hydrogen-bond acceptors (Lipinski definition) is 2. The summed E-state index contributed by atoms with van der Waals surface area (Å²) in [5.41, 5.74) is -0.00431. The maximum Gasteiger partial charge on any atom is 0.223 e. The summed E-state index contributed by atoms with van der Waals surface area (Å²) >= 11 is 0. The lowest BCUT2D eigenvalue weighted by atomic mass is 9.88. The van der Waals surface area contributed by atoms with Gasteiger partial charge in [-0.15, -0.1) is 0 Å². The van der Waals surface area contributed by atoms with Crippen LogP contribution in [0.1, 0.15) is 43.8 Å². The van der Waals surface area contributed by atoms with E-state index in [1.165, 1.54) is 6.07 Å². The fourth-order valence-electron chi connectivity index (χ4n) is 2.59. The second kappa shape index (κ2) is 6.79. The maximum absolute atomic E-state index is 13.5. The maximum atomic E-state index is 13.5. The Bertz CT molecular complexity index is 473. The van der Waals surface area contributed by atoms with Crippen LogP contribution in [0.2, 0.25) is 0 Å². The molecule has 0 spiro atoms. The Labute approximate surface area is 117 Å². The molecule has 2 N–H and O–H groups in total. The number of carbonyl (C=O) groups excluding carboxylic acids is 1. The molecule has 1 aliphatic rings. The van der Waals surface area contributed by atoms with Gasteiger partial charge in [0.2, 0.25) is 5.91 Å². The van der Waals surface area contributed by atoms with Crippen LogP contribution >= 0.6 is 0 Å². The summed E-state index contributed by atoms with van der Waals surface area (Å²) < 4.78 is 26.2. The summed E-state index contributed by atoms with van der Waals surface area (Å²) in [5, 5.41) is 12.5. The van der Waals surface area contributed by atoms with Crippen molar-refractivity contribution in [1.82, 2.24) is 5.32 Å². The Hall–Kier alpha value is -1.49. The van der Waals surface area contributed by atoms with Gasteiger partial charge < -0.3 is 10.4 Å². The Morgan fingerprint density at radius 3 is 2.65 bits per heavy atom. The average Bonchev–Trinajstić information content (AvgIpc) is 2.45. The van der Waals surface area contributed by atoms with Crippen molar-refractivity contribution < 1.29 is 18.7 Å². The molecule has 0 heterocycles. The van der Waals surface area contributed by atoms with Crippen molar-refractivity contribution in [1.29, 1.82) is 0 Å². The van der Waals surface area contributed by atoms with Crippen LogP contribution in [0.15, 0.2) is 18.2 Å². The first-order chi connectivity index (χ1) is 9.58. The molecule has 0 saturated heterocycles. The van der Waals surface area contributed by atoms with Crippen molar-refractivity contribution in [2.45, 2.75) is 38.2 Å². The van der Waals surface area contributed by atoms with Crippen LogP contribution in [0.4, 0.5) is 8.78 Å². The molecule has 2 rings (SSSR count). The predicted molar refractivity (Wildman–Crippen MR) is 70.9 cm³/mol. The summed E-state index contributed by atoms with van der Waals surface area (Å²) in [7, 11) is 0. The number of amides is 1. The van der Waals surface area contributed by atoms with E-state index in [1.54, 1.807) is 0 Å². The Morgan fingerprint density at radius 2 is 2.00 bits per heavy atom. The van der Waals surface area contributed by atoms with Crippen LogP contribution in [0.3, 0.4) is 0 Å². The van der Waals surface area contributed by atoms with Gasteiger partial charge in [0.1, 0.15) is 11.6 Å². The first kappa shape index (κ1) is 14.9. The van der Waals surface area contributed by atoms with Crippen molar-refractivity contribution in [3.8, 4) is 0 Å². The molecule has 20 heavy (non-hydrogen) atoms. The lowest BCUT2D eigenvalue weighted by Crippen LogP contribution is -2.34. The van der Waals surface area contributed by atoms with E-state index >= 15 is 0 Å². The summed E-state index contributed by atoms with van der Waals surface area (Å²) in [5.74, 6) is -1.59. The van der Waals surface area contributed by atoms with Gasteiger partial charge in [-0.1, -0.05) is 25.3 Å². The number of benzene rings is 1. The number of carbonyl (C=O) groups is 1. The molecule has 1 fully saturated rings. The number of hydrogen-bond donors (Lipinski definition) is 2. The van der Waals surface area contributed by atoms with Crippen LogP contribution in [0, 0.1) is 17.6 Å². The third kappa shape index (κ3) is 3.76. The van der Waals surface area contributed by atoms with E-state index in [-0.39, 0.29) is 23.9 Å². The molecule has 3 nitrogen and oxygen atoms in total. The van der Waals surface area contributed by atoms with E-state index in [4.69, 9.17) is 0 Å². The molecular formula is C15H19F2NO2. The fraction of sp³-hybridized carbons (Fsp3) is 0.533. The molecule has 1 aromatic rings. The summed E-state index contributed by atoms with van der Waals surface area (Å²) in [6, 6.07) is 3.01. The van der Waals surface area contributed by atoms with E-state index in [0.717, 1.165) is 44.2 Å². The van der Waals surface area contributed by atoms with Gasteiger partial charge in [0.05, 0.1) is 6.10 Å². The number of aliphatic hydroxyl groups excluding tert-OH is 1. The summed E-state index contributed by atoms with van der Waals surface area (Å²) in [6.45, 7) is -0.0577. The van der Waals surface area contributed by atoms with Crippen molar-refractivity contribution >= 4 is 5.91 Å². The molecule has 0 aliphatic heterocycles. The SMILES string of the molecule is O=C(NC[C@H](O)c1ccc(F)cc1F)C1CCCCC1. The van der Waals surface area contributed by atoms with Gasteiger partial charge in [0.25, 0.3) is 0 Å². The van der Waals surface area contributed by atoms with Crippen molar-refractivity contribution in [2.75, 3.05) is 6.54 Å². The second-order valence-electron chi connectivity index (χ2n) is 5.26. The molecule has 1 amide bonds. The van der Waals surface area contributed by atoms with Crippen LogP contribution < -0.4 is 5.32 Å². The van der Waals surface area contributed by atoms with Crippen LogP contribution in [0.25, 0.3) is 0 Å². The number of halogens is 2. The predicted octanol–water partition coefficient (Wildman–Crippen LogP) is 2.69. The Morgan fingerprint density at radius 1 is 1.30 bits per heavy atom. The normalized spacial score (nSPS) is 17.8. The van der Waals surface area contributed by atoms with E-state index in [0.29, 0.717) is 0 Å². The van der Waals surface area contributed by atoms with Gasteiger partial charge in [-0.3, -0.25) is 4.79 Å². The summed E-state index contributed by atoms with van der Waals surface area (Å²) in [6.07, 6.45) is 3.83. The molecule has 1 atom stereocenters. The van der Waals surface area contributed by atoms with Gasteiger partial charge in [0, 0.05) is 24.1 Å². The molecule has 110 valence electrons. The minimum atomic E-state index is -1.16. The molecule has 1 saturated carbocycles. The molecule has 1 aliphatic carbocycles. The highest BCUT2D eigenvalue weighted by atomic mass is 19.1. The van der Waals surface area contributed by atoms with Crippen molar-refractivity contribution in [2.24, 2.45) is 5.92 Å². The minimum Gasteiger partial charge on any atom is -0.386 e. The van der Waals surface area contributed by atoms with Crippen molar-refractivity contribution in [3.05, 3.63) is 35.4 Å². The number of aliphatic hydroxyl groups is 1. The molecule has 0 unspecified atom stereocenters. The largest absolute Gasteiger partial charge is 0.386 e. The molecule has 0 aromatic heterocycles. The van der Waals surface area contributed by atoms with Gasteiger partial charge in [-0.05, 0) is 18.9 Å². The first-order valence-corrected chi connectivity index (χ1v) is 6.98. The Kier molecular flexibility index (Phi) is 5.06. The van der Waals surface area contributed by atoms with Gasteiger partial charge in [-0.2, -0.15) is 0 Å². The average molecular weight is 283 g/mol. The first-order valence-electron chi connectivity index (χ1n) is 6.98. The molecule has 0 bridgehead atoms. The molecular weight excluding hydrogens is 264 g/mol. The number of nitrogens with one attached hydrogen (secondary N) is 1. The van der Waals surface area contributed by atoms with Gasteiger partial charge in [-0.25, -0.2) is 8.78 Å². The Balaban J connectivity index is 1.87. The lowest BCUT2D eigenvalue weighted by molar-refractivity contribution is -0.126. The summed E-state index contributed by atoms with van der Waals surface area (Å²) in [4.78, 5) is 11.9. The van der Waals surface area contributed by atoms with Gasteiger partial charge in [0.15, 0.2) is 0 Å². The zero-order valence-electron chi connectivity index (χ0n) is 11.2. The smallest absolute Gasteiger partial charge is 0.223 e. The van der Waals surface area contributed by atoms with Gasteiger partial charge >= 0.3 is 0 Å². The lowest BCUT2D eigenvalue weighted by Gasteiger charge is -2.21. The quantitative estimate of drug-likeness (QED) is 0.892. The number of rotatable bonds is 4. The topological polar surface area (TPSA) is 49.3 Å². The third-order valence-electron chi connectivity index (χ3n) is 3.77. The highest BCUT2D eigenvalue weighted by molar-refractivity contribution is 5.78. The van der Waals surface area contributed by atoms with Crippen LogP contribution in [-0.2, 0) is 4.79 Å². The highest BCUT2D eigenvalue weighted by Gasteiger charge is 2.22. The second-order valence-corrected chi connectivity index (χ2v) is 5.26. The molecule has 0 radical (unpaired) electrons. The van der Waals surface area contributed by atoms with E-state index in [2.05, 4.69) is 5.32 Å². The standard InChI is InChI=1S/C15H19F2NO2/c16-11-6-7-12(13(17)8-11)14(19)9-18-15(20)10-4-2-1-3-5-10/h6-8,10,14,19H,1-5,9H2,(H,18,20)/t14-/m0/s1. The molecule has 5 heteroatoms. The zero-order chi connectivity index (χ0) is 14.5. The molecule has 1 aromatic carbocycles.